The molecule has 132 valence electrons. The van der Waals surface area contributed by atoms with Gasteiger partial charge in [-0.25, -0.2) is 4.79 Å². The zero-order valence-electron chi connectivity index (χ0n) is 13.7. The number of carbonyl (C=O) groups excluding carboxylic acids is 2. The lowest BCUT2D eigenvalue weighted by atomic mass is 9.95. The van der Waals surface area contributed by atoms with Crippen molar-refractivity contribution in [2.45, 2.75) is 32.6 Å². The monoisotopic (exact) mass is 379 g/mol. The fraction of sp³-hybridized carbons (Fsp3) is 0.333. The zero-order chi connectivity index (χ0) is 18.0. The molecule has 1 aliphatic rings. The number of anilines is 1. The smallest absolute Gasteiger partial charge is 0.341 e. The number of nitrogens with one attached hydrogen (secondary N) is 1. The van der Waals surface area contributed by atoms with Gasteiger partial charge in [-0.3, -0.25) is 4.79 Å². The fourth-order valence-electron chi connectivity index (χ4n) is 2.93. The summed E-state index contributed by atoms with van der Waals surface area (Å²) in [5.41, 5.74) is 1.48. The van der Waals surface area contributed by atoms with Crippen LogP contribution >= 0.6 is 22.9 Å². The molecule has 0 saturated heterocycles. The number of phenolic OH excluding ortho intramolecular Hbond substituents is 1. The zero-order valence-corrected chi connectivity index (χ0v) is 15.3. The molecule has 0 fully saturated rings. The number of ether oxygens (including phenoxy) is 1. The van der Waals surface area contributed by atoms with E-state index in [0.717, 1.165) is 36.1 Å². The summed E-state index contributed by atoms with van der Waals surface area (Å²) in [4.78, 5) is 26.1. The molecule has 2 N–H and O–H groups in total. The molecule has 0 aliphatic heterocycles. The quantitative estimate of drug-likeness (QED) is 0.771. The average Bonchev–Trinajstić information content (AvgIpc) is 2.95. The van der Waals surface area contributed by atoms with Crippen LogP contribution in [0.3, 0.4) is 0 Å². The first-order valence-corrected chi connectivity index (χ1v) is 9.32. The van der Waals surface area contributed by atoms with Gasteiger partial charge in [0.25, 0.3) is 5.91 Å². The summed E-state index contributed by atoms with van der Waals surface area (Å²) >= 11 is 7.31. The highest BCUT2D eigenvalue weighted by molar-refractivity contribution is 7.17. The number of fused-ring (bicyclic) bond motifs is 1. The lowest BCUT2D eigenvalue weighted by Crippen LogP contribution is -2.16. The molecule has 0 radical (unpaired) electrons. The molecule has 1 aromatic carbocycles. The van der Waals surface area contributed by atoms with Gasteiger partial charge in [0.2, 0.25) is 0 Å². The minimum atomic E-state index is -0.510. The van der Waals surface area contributed by atoms with Crippen molar-refractivity contribution in [2.24, 2.45) is 0 Å². The molecule has 1 aliphatic carbocycles. The van der Waals surface area contributed by atoms with Crippen LogP contribution in [-0.4, -0.2) is 23.6 Å². The van der Waals surface area contributed by atoms with Gasteiger partial charge in [-0.15, -0.1) is 11.3 Å². The van der Waals surface area contributed by atoms with Gasteiger partial charge in [-0.05, 0) is 56.4 Å². The lowest BCUT2D eigenvalue weighted by molar-refractivity contribution is 0.0526. The van der Waals surface area contributed by atoms with Gasteiger partial charge in [0.1, 0.15) is 10.8 Å². The number of thiophene rings is 1. The molecule has 0 bridgehead atoms. The number of rotatable bonds is 4. The second kappa shape index (κ2) is 7.45. The number of carbonyl (C=O) groups is 2. The number of halogens is 1. The fourth-order valence-corrected chi connectivity index (χ4v) is 4.38. The Morgan fingerprint density at radius 1 is 1.32 bits per heavy atom. The van der Waals surface area contributed by atoms with Crippen LogP contribution in [0.1, 0.15) is 50.9 Å². The molecular weight excluding hydrogens is 362 g/mol. The van der Waals surface area contributed by atoms with Crippen LogP contribution in [0.25, 0.3) is 0 Å². The summed E-state index contributed by atoms with van der Waals surface area (Å²) in [7, 11) is 0. The maximum Gasteiger partial charge on any atom is 0.341 e. The third-order valence-corrected chi connectivity index (χ3v) is 5.52. The van der Waals surface area contributed by atoms with Crippen molar-refractivity contribution in [2.75, 3.05) is 11.9 Å². The van der Waals surface area contributed by atoms with Crippen molar-refractivity contribution in [3.05, 3.63) is 44.8 Å². The van der Waals surface area contributed by atoms with Gasteiger partial charge < -0.3 is 15.2 Å². The number of hydrogen-bond donors (Lipinski definition) is 2. The van der Waals surface area contributed by atoms with Crippen LogP contribution < -0.4 is 5.32 Å². The predicted octanol–water partition coefficient (Wildman–Crippen LogP) is 4.41. The topological polar surface area (TPSA) is 75.6 Å². The van der Waals surface area contributed by atoms with Crippen molar-refractivity contribution in [3.63, 3.8) is 0 Å². The Kier molecular flexibility index (Phi) is 5.30. The van der Waals surface area contributed by atoms with Crippen LogP contribution in [-0.2, 0) is 17.6 Å². The van der Waals surface area contributed by atoms with E-state index in [-0.39, 0.29) is 17.9 Å². The maximum absolute atomic E-state index is 12.6. The molecule has 0 unspecified atom stereocenters. The molecule has 5 nitrogen and oxygen atoms in total. The van der Waals surface area contributed by atoms with Gasteiger partial charge in [0, 0.05) is 9.90 Å². The Hall–Kier alpha value is -2.05. The van der Waals surface area contributed by atoms with E-state index in [4.69, 9.17) is 16.3 Å². The third-order valence-electron chi connectivity index (χ3n) is 4.08. The highest BCUT2D eigenvalue weighted by atomic mass is 35.5. The van der Waals surface area contributed by atoms with Gasteiger partial charge in [-0.1, -0.05) is 11.6 Å². The van der Waals surface area contributed by atoms with E-state index >= 15 is 0 Å². The predicted molar refractivity (Wildman–Crippen MR) is 98.0 cm³/mol. The van der Waals surface area contributed by atoms with Crippen molar-refractivity contribution in [1.29, 1.82) is 0 Å². The van der Waals surface area contributed by atoms with Crippen LogP contribution in [0.4, 0.5) is 5.00 Å². The Labute approximate surface area is 154 Å². The Morgan fingerprint density at radius 2 is 2.08 bits per heavy atom. The number of esters is 1. The Balaban J connectivity index is 1.96. The van der Waals surface area contributed by atoms with E-state index in [1.54, 1.807) is 6.92 Å². The van der Waals surface area contributed by atoms with Crippen molar-refractivity contribution >= 4 is 39.8 Å². The summed E-state index contributed by atoms with van der Waals surface area (Å²) in [5, 5.41) is 13.5. The Bertz CT molecular complexity index is 831. The van der Waals surface area contributed by atoms with E-state index < -0.39 is 11.9 Å². The molecular formula is C18H18ClNO4S. The minimum absolute atomic E-state index is 0.0636. The summed E-state index contributed by atoms with van der Waals surface area (Å²) in [6, 6.07) is 4.26. The number of aromatic hydroxyl groups is 1. The molecule has 1 heterocycles. The minimum Gasteiger partial charge on any atom is -0.507 e. The normalized spacial score (nSPS) is 13.2. The Morgan fingerprint density at radius 3 is 2.84 bits per heavy atom. The van der Waals surface area contributed by atoms with Gasteiger partial charge in [-0.2, -0.15) is 0 Å². The SMILES string of the molecule is CCOC(=O)c1c(NC(=O)c2cc(Cl)ccc2O)sc2c1CCCC2. The highest BCUT2D eigenvalue weighted by Gasteiger charge is 2.27. The van der Waals surface area contributed by atoms with E-state index in [9.17, 15) is 14.7 Å². The lowest BCUT2D eigenvalue weighted by Gasteiger charge is -2.12. The van der Waals surface area contributed by atoms with Gasteiger partial charge >= 0.3 is 5.97 Å². The average molecular weight is 380 g/mol. The number of phenols is 1. The molecule has 1 amide bonds. The standard InChI is InChI=1S/C18H18ClNO4S/c1-2-24-18(23)15-11-5-3-4-6-14(11)25-17(15)20-16(22)12-9-10(19)7-8-13(12)21/h7-9,21H,2-6H2,1H3,(H,20,22). The molecule has 2 aromatic rings. The molecule has 7 heteroatoms. The van der Waals surface area contributed by atoms with E-state index in [1.807, 2.05) is 0 Å². The summed E-state index contributed by atoms with van der Waals surface area (Å²) in [6.45, 7) is 2.02. The summed E-state index contributed by atoms with van der Waals surface area (Å²) in [5.74, 6) is -1.10. The molecule has 0 atom stereocenters. The van der Waals surface area contributed by atoms with Crippen molar-refractivity contribution in [1.82, 2.24) is 0 Å². The highest BCUT2D eigenvalue weighted by Crippen LogP contribution is 2.39. The first-order valence-electron chi connectivity index (χ1n) is 8.12. The van der Waals surface area contributed by atoms with Crippen LogP contribution in [0.2, 0.25) is 5.02 Å². The number of amides is 1. The largest absolute Gasteiger partial charge is 0.507 e. The van der Waals surface area contributed by atoms with E-state index in [1.165, 1.54) is 29.5 Å². The molecule has 1 aromatic heterocycles. The first kappa shape index (κ1) is 17.8. The molecule has 0 spiro atoms. The first-order chi connectivity index (χ1) is 12.0. The molecule has 0 saturated carbocycles. The second-order valence-electron chi connectivity index (χ2n) is 5.75. The molecule has 3 rings (SSSR count). The van der Waals surface area contributed by atoms with Crippen LogP contribution in [0.15, 0.2) is 18.2 Å². The molecule has 25 heavy (non-hydrogen) atoms. The third kappa shape index (κ3) is 3.65. The van der Waals surface area contributed by atoms with Gasteiger partial charge in [0.15, 0.2) is 0 Å². The number of hydrogen-bond acceptors (Lipinski definition) is 5. The summed E-state index contributed by atoms with van der Waals surface area (Å²) in [6.07, 6.45) is 3.78. The van der Waals surface area contributed by atoms with Gasteiger partial charge in [0.05, 0.1) is 17.7 Å². The maximum atomic E-state index is 12.6. The van der Waals surface area contributed by atoms with Crippen LogP contribution in [0, 0.1) is 0 Å². The van der Waals surface area contributed by atoms with Crippen molar-refractivity contribution in [3.8, 4) is 5.75 Å². The second-order valence-corrected chi connectivity index (χ2v) is 7.29. The van der Waals surface area contributed by atoms with E-state index in [0.29, 0.717) is 15.6 Å². The van der Waals surface area contributed by atoms with Crippen LogP contribution in [0.5, 0.6) is 5.75 Å². The summed E-state index contributed by atoms with van der Waals surface area (Å²) < 4.78 is 5.17. The number of benzene rings is 1. The van der Waals surface area contributed by atoms with Crippen molar-refractivity contribution < 1.29 is 19.4 Å². The van der Waals surface area contributed by atoms with E-state index in [2.05, 4.69) is 5.32 Å². The number of aryl methyl sites for hydroxylation is 1.